The molecule has 0 aromatic heterocycles. The fourth-order valence-electron chi connectivity index (χ4n) is 1.65. The van der Waals surface area contributed by atoms with E-state index < -0.39 is 0 Å². The average Bonchev–Trinajstić information content (AvgIpc) is 2.28. The van der Waals surface area contributed by atoms with E-state index in [0.29, 0.717) is 17.9 Å². The monoisotopic (exact) mass is 255 g/mol. The van der Waals surface area contributed by atoms with E-state index in [1.54, 1.807) is 12.1 Å². The Morgan fingerprint density at radius 1 is 1.53 bits per heavy atom. The average molecular weight is 256 g/mol. The topological polar surface area (TPSA) is 49.3 Å². The number of rotatable bonds is 6. The third-order valence-electron chi connectivity index (χ3n) is 2.59. The van der Waals surface area contributed by atoms with E-state index in [9.17, 15) is 4.79 Å². The van der Waals surface area contributed by atoms with Gasteiger partial charge in [-0.3, -0.25) is 4.79 Å². The lowest BCUT2D eigenvalue weighted by molar-refractivity contribution is -0.121. The lowest BCUT2D eigenvalue weighted by atomic mass is 10.1. The summed E-state index contributed by atoms with van der Waals surface area (Å²) in [4.78, 5) is 11.7. The van der Waals surface area contributed by atoms with E-state index in [4.69, 9.17) is 16.7 Å². The molecule has 0 saturated heterocycles. The van der Waals surface area contributed by atoms with Gasteiger partial charge in [-0.25, -0.2) is 0 Å². The van der Waals surface area contributed by atoms with Crippen molar-refractivity contribution in [3.63, 3.8) is 0 Å². The van der Waals surface area contributed by atoms with Crippen molar-refractivity contribution in [3.05, 3.63) is 34.9 Å². The largest absolute Gasteiger partial charge is 0.396 e. The Balaban J connectivity index is 2.49. The SMILES string of the molecule is CCC(CCO)NC(=O)Cc1cccc(Cl)c1. The molecule has 1 aromatic rings. The van der Waals surface area contributed by atoms with E-state index in [1.165, 1.54) is 0 Å². The second-order valence-corrected chi connectivity index (χ2v) is 4.43. The molecule has 94 valence electrons. The Hall–Kier alpha value is -1.06. The first-order valence-corrected chi connectivity index (χ1v) is 6.18. The molecule has 17 heavy (non-hydrogen) atoms. The summed E-state index contributed by atoms with van der Waals surface area (Å²) >= 11 is 5.85. The van der Waals surface area contributed by atoms with Crippen molar-refractivity contribution in [2.24, 2.45) is 0 Å². The molecule has 4 heteroatoms. The molecule has 0 aliphatic rings. The van der Waals surface area contributed by atoms with Crippen LogP contribution in [0.2, 0.25) is 5.02 Å². The molecule has 0 fully saturated rings. The number of carbonyl (C=O) groups excluding carboxylic acids is 1. The van der Waals surface area contributed by atoms with Crippen LogP contribution >= 0.6 is 11.6 Å². The second-order valence-electron chi connectivity index (χ2n) is 3.99. The Morgan fingerprint density at radius 2 is 2.29 bits per heavy atom. The number of halogens is 1. The van der Waals surface area contributed by atoms with Crippen molar-refractivity contribution in [1.29, 1.82) is 0 Å². The lowest BCUT2D eigenvalue weighted by Gasteiger charge is -2.15. The zero-order chi connectivity index (χ0) is 12.7. The number of benzene rings is 1. The van der Waals surface area contributed by atoms with Crippen LogP contribution in [0.5, 0.6) is 0 Å². The molecule has 0 saturated carbocycles. The normalized spacial score (nSPS) is 12.2. The molecule has 1 rings (SSSR count). The van der Waals surface area contributed by atoms with Crippen molar-refractivity contribution < 1.29 is 9.90 Å². The number of hydrogen-bond acceptors (Lipinski definition) is 2. The van der Waals surface area contributed by atoms with Gasteiger partial charge >= 0.3 is 0 Å². The van der Waals surface area contributed by atoms with Crippen molar-refractivity contribution in [2.75, 3.05) is 6.61 Å². The zero-order valence-electron chi connectivity index (χ0n) is 9.95. The maximum absolute atomic E-state index is 11.7. The summed E-state index contributed by atoms with van der Waals surface area (Å²) in [6.45, 7) is 2.08. The van der Waals surface area contributed by atoms with Crippen LogP contribution in [0.25, 0.3) is 0 Å². The lowest BCUT2D eigenvalue weighted by Crippen LogP contribution is -2.36. The van der Waals surface area contributed by atoms with Crippen LogP contribution in [-0.2, 0) is 11.2 Å². The van der Waals surface area contributed by atoms with Crippen molar-refractivity contribution in [3.8, 4) is 0 Å². The smallest absolute Gasteiger partial charge is 0.224 e. The van der Waals surface area contributed by atoms with Gasteiger partial charge in [-0.1, -0.05) is 30.7 Å². The minimum absolute atomic E-state index is 0.0347. The highest BCUT2D eigenvalue weighted by molar-refractivity contribution is 6.30. The predicted molar refractivity (Wildman–Crippen MR) is 69.1 cm³/mol. The predicted octanol–water partition coefficient (Wildman–Crippen LogP) is 2.16. The third-order valence-corrected chi connectivity index (χ3v) is 2.82. The molecule has 1 amide bonds. The number of aliphatic hydroxyl groups is 1. The Labute approximate surface area is 107 Å². The molecule has 0 spiro atoms. The highest BCUT2D eigenvalue weighted by Gasteiger charge is 2.10. The maximum Gasteiger partial charge on any atom is 0.224 e. The first-order chi connectivity index (χ1) is 8.15. The van der Waals surface area contributed by atoms with Crippen LogP contribution in [0, 0.1) is 0 Å². The first kappa shape index (κ1) is 14.0. The first-order valence-electron chi connectivity index (χ1n) is 5.80. The van der Waals surface area contributed by atoms with Gasteiger partial charge in [0.05, 0.1) is 6.42 Å². The van der Waals surface area contributed by atoms with Crippen molar-refractivity contribution in [2.45, 2.75) is 32.2 Å². The van der Waals surface area contributed by atoms with Crippen LogP contribution < -0.4 is 5.32 Å². The van der Waals surface area contributed by atoms with Crippen molar-refractivity contribution in [1.82, 2.24) is 5.32 Å². The summed E-state index contributed by atoms with van der Waals surface area (Å²) in [5.41, 5.74) is 0.897. The number of carbonyl (C=O) groups is 1. The minimum atomic E-state index is -0.0347. The number of aliphatic hydroxyl groups excluding tert-OH is 1. The van der Waals surface area contributed by atoms with E-state index in [1.807, 2.05) is 19.1 Å². The number of amides is 1. The number of nitrogens with one attached hydrogen (secondary N) is 1. The molecule has 0 aliphatic heterocycles. The molecular formula is C13H18ClNO2. The van der Waals surface area contributed by atoms with Gasteiger partial charge in [0, 0.05) is 17.7 Å². The van der Waals surface area contributed by atoms with Crippen molar-refractivity contribution >= 4 is 17.5 Å². The standard InChI is InChI=1S/C13H18ClNO2/c1-2-12(6-7-16)15-13(17)9-10-4-3-5-11(14)8-10/h3-5,8,12,16H,2,6-7,9H2,1H3,(H,15,17). The third kappa shape index (κ3) is 5.20. The van der Waals surface area contributed by atoms with Gasteiger partial charge in [0.1, 0.15) is 0 Å². The molecule has 1 unspecified atom stereocenters. The molecule has 0 radical (unpaired) electrons. The van der Waals surface area contributed by atoms with Gasteiger partial charge < -0.3 is 10.4 Å². The van der Waals surface area contributed by atoms with Gasteiger partial charge in [-0.2, -0.15) is 0 Å². The fraction of sp³-hybridized carbons (Fsp3) is 0.462. The van der Waals surface area contributed by atoms with E-state index in [-0.39, 0.29) is 18.6 Å². The summed E-state index contributed by atoms with van der Waals surface area (Å²) in [5, 5.41) is 12.4. The summed E-state index contributed by atoms with van der Waals surface area (Å²) in [6.07, 6.45) is 1.74. The fourth-order valence-corrected chi connectivity index (χ4v) is 1.86. The molecule has 0 aliphatic carbocycles. The molecule has 1 aromatic carbocycles. The summed E-state index contributed by atoms with van der Waals surface area (Å²) < 4.78 is 0. The Kier molecular flexibility index (Phi) is 6.01. The summed E-state index contributed by atoms with van der Waals surface area (Å²) in [7, 11) is 0. The van der Waals surface area contributed by atoms with Crippen LogP contribution in [-0.4, -0.2) is 23.7 Å². The van der Waals surface area contributed by atoms with Gasteiger partial charge in [0.15, 0.2) is 0 Å². The quantitative estimate of drug-likeness (QED) is 0.819. The Morgan fingerprint density at radius 3 is 2.88 bits per heavy atom. The van der Waals surface area contributed by atoms with Gasteiger partial charge in [0.2, 0.25) is 5.91 Å². The minimum Gasteiger partial charge on any atom is -0.396 e. The highest BCUT2D eigenvalue weighted by atomic mass is 35.5. The molecular weight excluding hydrogens is 238 g/mol. The summed E-state index contributed by atoms with van der Waals surface area (Å²) in [5.74, 6) is -0.0347. The van der Waals surface area contributed by atoms with Gasteiger partial charge in [-0.15, -0.1) is 0 Å². The van der Waals surface area contributed by atoms with Gasteiger partial charge in [-0.05, 0) is 30.5 Å². The van der Waals surface area contributed by atoms with Crippen LogP contribution in [0.4, 0.5) is 0 Å². The molecule has 2 N–H and O–H groups in total. The molecule has 0 heterocycles. The summed E-state index contributed by atoms with van der Waals surface area (Å²) in [6, 6.07) is 7.32. The molecule has 0 bridgehead atoms. The van der Waals surface area contributed by atoms with E-state index >= 15 is 0 Å². The molecule has 1 atom stereocenters. The van der Waals surface area contributed by atoms with Crippen LogP contribution in [0.1, 0.15) is 25.3 Å². The number of hydrogen-bond donors (Lipinski definition) is 2. The highest BCUT2D eigenvalue weighted by Crippen LogP contribution is 2.11. The molecule has 3 nitrogen and oxygen atoms in total. The van der Waals surface area contributed by atoms with E-state index in [0.717, 1.165) is 12.0 Å². The second kappa shape index (κ2) is 7.30. The van der Waals surface area contributed by atoms with Gasteiger partial charge in [0.25, 0.3) is 0 Å². The zero-order valence-corrected chi connectivity index (χ0v) is 10.7. The Bertz CT molecular complexity index is 368. The van der Waals surface area contributed by atoms with Crippen LogP contribution in [0.3, 0.4) is 0 Å². The maximum atomic E-state index is 11.7. The van der Waals surface area contributed by atoms with E-state index in [2.05, 4.69) is 5.32 Å². The van der Waals surface area contributed by atoms with Crippen LogP contribution in [0.15, 0.2) is 24.3 Å².